The Kier molecular flexibility index (Phi) is 10.6. The topological polar surface area (TPSA) is 84.9 Å². The van der Waals surface area contributed by atoms with Gasteiger partial charge in [0, 0.05) is 42.4 Å². The largest absolute Gasteiger partial charge is 0.496 e. The van der Waals surface area contributed by atoms with Gasteiger partial charge in [0.05, 0.1) is 17.0 Å². The Balaban J connectivity index is 1.16. The Bertz CT molecular complexity index is 1660. The fourth-order valence-electron chi connectivity index (χ4n) is 7.91. The number of nitrogens with zero attached hydrogens (tertiary/aromatic N) is 4. The van der Waals surface area contributed by atoms with E-state index in [0.717, 1.165) is 53.4 Å². The molecule has 3 fully saturated rings. The maximum absolute atomic E-state index is 14.5. The summed E-state index contributed by atoms with van der Waals surface area (Å²) in [6, 6.07) is 10.7. The van der Waals surface area contributed by atoms with Crippen molar-refractivity contribution < 1.29 is 19.1 Å². The molecule has 0 N–H and O–H groups in total. The Morgan fingerprint density at radius 1 is 1.00 bits per heavy atom. The molecule has 1 aliphatic heterocycles. The first kappa shape index (κ1) is 36.3. The van der Waals surface area contributed by atoms with Gasteiger partial charge < -0.3 is 14.4 Å². The average molecular weight is 701 g/mol. The van der Waals surface area contributed by atoms with Gasteiger partial charge in [0.1, 0.15) is 17.7 Å². The monoisotopic (exact) mass is 700 g/mol. The van der Waals surface area contributed by atoms with Crippen molar-refractivity contribution in [1.82, 2.24) is 14.9 Å². The molecule has 2 saturated carbocycles. The van der Waals surface area contributed by atoms with Crippen molar-refractivity contribution in [2.45, 2.75) is 123 Å². The van der Waals surface area contributed by atoms with Crippen LogP contribution in [0, 0.1) is 24.7 Å². The molecule has 1 aromatic carbocycles. The molecule has 3 aromatic rings. The van der Waals surface area contributed by atoms with E-state index in [1.54, 1.807) is 18.4 Å². The Hall–Kier alpha value is -3.46. The first-order valence-corrected chi connectivity index (χ1v) is 19.4. The Labute approximate surface area is 303 Å². The van der Waals surface area contributed by atoms with Crippen LogP contribution in [0.3, 0.4) is 0 Å². The highest BCUT2D eigenvalue weighted by Crippen LogP contribution is 2.40. The van der Waals surface area contributed by atoms with Gasteiger partial charge in [-0.3, -0.25) is 9.69 Å². The maximum atomic E-state index is 14.5. The number of benzene rings is 1. The van der Waals surface area contributed by atoms with E-state index in [9.17, 15) is 9.59 Å². The van der Waals surface area contributed by atoms with Crippen molar-refractivity contribution in [3.05, 3.63) is 58.9 Å². The van der Waals surface area contributed by atoms with Crippen LogP contribution in [0.4, 0.5) is 10.6 Å². The number of amides is 2. The molecule has 1 saturated heterocycles. The Morgan fingerprint density at radius 3 is 2.32 bits per heavy atom. The van der Waals surface area contributed by atoms with E-state index < -0.39 is 0 Å². The van der Waals surface area contributed by atoms with Gasteiger partial charge in [-0.15, -0.1) is 11.3 Å². The molecular formula is C41H56N4O4S. The number of aromatic nitrogens is 2. The number of carbonyl (C=O) groups is 2. The second-order valence-corrected chi connectivity index (χ2v) is 17.6. The molecule has 3 aliphatic rings. The summed E-state index contributed by atoms with van der Waals surface area (Å²) < 4.78 is 11.5. The lowest BCUT2D eigenvalue weighted by molar-refractivity contribution is -0.124. The van der Waals surface area contributed by atoms with Crippen molar-refractivity contribution in [1.29, 1.82) is 0 Å². The molecule has 0 radical (unpaired) electrons. The van der Waals surface area contributed by atoms with Crippen molar-refractivity contribution in [2.24, 2.45) is 17.8 Å². The van der Waals surface area contributed by atoms with E-state index in [0.29, 0.717) is 55.8 Å². The number of hydrogen-bond acceptors (Lipinski definition) is 7. The number of rotatable bonds is 8. The number of anilines is 1. The number of methoxy groups -OCH3 is 1. The fourth-order valence-corrected chi connectivity index (χ4v) is 8.88. The molecule has 6 rings (SSSR count). The molecule has 0 spiro atoms. The van der Waals surface area contributed by atoms with Crippen molar-refractivity contribution in [3.63, 3.8) is 0 Å². The first-order chi connectivity index (χ1) is 23.7. The SMILES string of the molecule is COc1ccc([C@H]2CC[C@H](CN(c3cc(-c4cnc(C(C)(C)C)s4)ccn3)C(=O)[C@H]3CC[C@H](OC(=O)N4CC(C)C4(C)C)CC3)CC2)cc1C. The van der Waals surface area contributed by atoms with Gasteiger partial charge in [0.2, 0.25) is 5.91 Å². The van der Waals surface area contributed by atoms with E-state index >= 15 is 0 Å². The van der Waals surface area contributed by atoms with Crippen molar-refractivity contribution in [2.75, 3.05) is 25.1 Å². The van der Waals surface area contributed by atoms with Crippen LogP contribution >= 0.6 is 11.3 Å². The lowest BCUT2D eigenvalue weighted by atomic mass is 9.78. The quantitative estimate of drug-likeness (QED) is 0.233. The molecule has 1 unspecified atom stereocenters. The molecule has 2 aliphatic carbocycles. The van der Waals surface area contributed by atoms with E-state index in [-0.39, 0.29) is 35.0 Å². The summed E-state index contributed by atoms with van der Waals surface area (Å²) in [5.41, 5.74) is 3.40. The molecule has 2 amide bonds. The Morgan fingerprint density at radius 2 is 1.72 bits per heavy atom. The van der Waals surface area contributed by atoms with E-state index in [1.807, 2.05) is 28.3 Å². The van der Waals surface area contributed by atoms with E-state index in [2.05, 4.69) is 72.7 Å². The second kappa shape index (κ2) is 14.6. The predicted molar refractivity (Wildman–Crippen MR) is 201 cm³/mol. The summed E-state index contributed by atoms with van der Waals surface area (Å²) >= 11 is 1.70. The first-order valence-electron chi connectivity index (χ1n) is 18.6. The second-order valence-electron chi connectivity index (χ2n) is 16.6. The third-order valence-electron chi connectivity index (χ3n) is 11.8. The number of aryl methyl sites for hydroxylation is 1. The fraction of sp³-hybridized carbons (Fsp3) is 0.610. The molecule has 1 atom stereocenters. The number of likely N-dealkylation sites (tertiary alicyclic amines) is 1. The molecular weight excluding hydrogens is 645 g/mol. The van der Waals surface area contributed by atoms with Gasteiger partial charge in [-0.05, 0) is 125 Å². The summed E-state index contributed by atoms with van der Waals surface area (Å²) in [6.07, 6.45) is 10.6. The normalized spacial score (nSPS) is 25.0. The summed E-state index contributed by atoms with van der Waals surface area (Å²) in [5, 5.41) is 1.09. The molecule has 2 aromatic heterocycles. The zero-order valence-electron chi connectivity index (χ0n) is 31.3. The summed E-state index contributed by atoms with van der Waals surface area (Å²) in [6.45, 7) is 16.4. The lowest BCUT2D eigenvalue weighted by Gasteiger charge is -2.53. The minimum atomic E-state index is -0.219. The predicted octanol–water partition coefficient (Wildman–Crippen LogP) is 9.55. The molecule has 50 heavy (non-hydrogen) atoms. The zero-order chi connectivity index (χ0) is 35.8. The summed E-state index contributed by atoms with van der Waals surface area (Å²) in [5.74, 6) is 3.05. The molecule has 8 nitrogen and oxygen atoms in total. The van der Waals surface area contributed by atoms with Crippen LogP contribution in [0.2, 0.25) is 0 Å². The van der Waals surface area contributed by atoms with Crippen LogP contribution in [0.1, 0.15) is 115 Å². The van der Waals surface area contributed by atoms with Crippen LogP contribution in [-0.2, 0) is 14.9 Å². The van der Waals surface area contributed by atoms with Gasteiger partial charge in [0.15, 0.2) is 0 Å². The van der Waals surface area contributed by atoms with Gasteiger partial charge in [-0.25, -0.2) is 14.8 Å². The standard InChI is InChI=1S/C41H56N4O4S/c1-26-21-31(15-18-34(26)48-8)29-11-9-28(10-12-29)25-44(36-22-32(19-20-42-36)35-23-43-38(50-35)40(3,4)5)37(46)30-13-16-33(17-14-30)49-39(47)45-24-27(2)41(45,6)7/h15,18-23,27-30,33H,9-14,16-17,24-25H2,1-8H3/t27?,28-,29-,30-,33-. The summed E-state index contributed by atoms with van der Waals surface area (Å²) in [4.78, 5) is 41.9. The third-order valence-corrected chi connectivity index (χ3v) is 13.2. The minimum Gasteiger partial charge on any atom is -0.496 e. The van der Waals surface area contributed by atoms with Gasteiger partial charge in [-0.1, -0.05) is 39.8 Å². The number of hydrogen-bond donors (Lipinski definition) is 0. The van der Waals surface area contributed by atoms with Crippen LogP contribution in [0.5, 0.6) is 5.75 Å². The highest BCUT2D eigenvalue weighted by Gasteiger charge is 2.47. The smallest absolute Gasteiger partial charge is 0.410 e. The summed E-state index contributed by atoms with van der Waals surface area (Å²) in [7, 11) is 1.72. The van der Waals surface area contributed by atoms with Gasteiger partial charge in [-0.2, -0.15) is 0 Å². The highest BCUT2D eigenvalue weighted by atomic mass is 32.1. The molecule has 3 heterocycles. The van der Waals surface area contributed by atoms with E-state index in [1.165, 1.54) is 11.1 Å². The lowest BCUT2D eigenvalue weighted by Crippen LogP contribution is -2.65. The molecule has 0 bridgehead atoms. The number of ether oxygens (including phenoxy) is 2. The molecule has 9 heteroatoms. The maximum Gasteiger partial charge on any atom is 0.410 e. The average Bonchev–Trinajstić information content (AvgIpc) is 3.62. The van der Waals surface area contributed by atoms with Crippen molar-refractivity contribution in [3.8, 4) is 16.2 Å². The number of carbonyl (C=O) groups excluding carboxylic acids is 2. The molecule has 270 valence electrons. The van der Waals surface area contributed by atoms with E-state index in [4.69, 9.17) is 19.4 Å². The van der Waals surface area contributed by atoms with Crippen LogP contribution < -0.4 is 9.64 Å². The third kappa shape index (κ3) is 7.73. The minimum absolute atomic E-state index is 0.0266. The van der Waals surface area contributed by atoms with Crippen LogP contribution in [0.25, 0.3) is 10.4 Å². The van der Waals surface area contributed by atoms with Crippen LogP contribution in [0.15, 0.2) is 42.7 Å². The number of pyridine rings is 1. The van der Waals surface area contributed by atoms with Crippen LogP contribution in [-0.4, -0.2) is 58.7 Å². The van der Waals surface area contributed by atoms with Gasteiger partial charge >= 0.3 is 6.09 Å². The van der Waals surface area contributed by atoms with Crippen molar-refractivity contribution >= 4 is 29.2 Å². The number of thiazole rings is 1. The highest BCUT2D eigenvalue weighted by molar-refractivity contribution is 7.15. The zero-order valence-corrected chi connectivity index (χ0v) is 32.1. The van der Waals surface area contributed by atoms with Gasteiger partial charge in [0.25, 0.3) is 0 Å².